The van der Waals surface area contributed by atoms with Crippen LogP contribution >= 0.6 is 0 Å². The average molecular weight is 440 g/mol. The predicted molar refractivity (Wildman–Crippen MR) is 121 cm³/mol. The number of ketones is 1. The fourth-order valence-electron chi connectivity index (χ4n) is 4.09. The molecule has 0 aromatic heterocycles. The van der Waals surface area contributed by atoms with Crippen LogP contribution in [0.3, 0.4) is 0 Å². The van der Waals surface area contributed by atoms with E-state index in [0.717, 1.165) is 11.1 Å². The highest BCUT2D eigenvalue weighted by molar-refractivity contribution is 6.46. The summed E-state index contributed by atoms with van der Waals surface area (Å²) >= 11 is 0. The molecular weight excluding hydrogens is 410 g/mol. The summed E-state index contributed by atoms with van der Waals surface area (Å²) in [7, 11) is 1.49. The van der Waals surface area contributed by atoms with Crippen molar-refractivity contribution in [3.05, 3.63) is 64.2 Å². The van der Waals surface area contributed by atoms with Crippen molar-refractivity contribution < 1.29 is 29.3 Å². The number of methoxy groups -OCH3 is 1. The molecule has 1 aliphatic heterocycles. The number of carbonyl (C=O) groups excluding carboxylic acids is 2. The first kappa shape index (κ1) is 23.3. The van der Waals surface area contributed by atoms with Crippen LogP contribution in [0.4, 0.5) is 0 Å². The van der Waals surface area contributed by atoms with E-state index >= 15 is 0 Å². The molecule has 1 fully saturated rings. The minimum atomic E-state index is -0.872. The average Bonchev–Trinajstić information content (AvgIpc) is 2.97. The van der Waals surface area contributed by atoms with Gasteiger partial charge in [0.1, 0.15) is 17.3 Å². The van der Waals surface area contributed by atoms with Gasteiger partial charge in [0, 0.05) is 6.54 Å². The maximum absolute atomic E-state index is 13.1. The van der Waals surface area contributed by atoms with Crippen LogP contribution in [-0.2, 0) is 14.3 Å². The minimum absolute atomic E-state index is 0.00417. The number of aliphatic hydroxyl groups is 1. The molecule has 32 heavy (non-hydrogen) atoms. The summed E-state index contributed by atoms with van der Waals surface area (Å²) in [6.45, 7) is 7.87. The molecule has 0 aliphatic carbocycles. The van der Waals surface area contributed by atoms with Crippen molar-refractivity contribution in [3.8, 4) is 11.5 Å². The molecule has 2 N–H and O–H groups in total. The van der Waals surface area contributed by atoms with Gasteiger partial charge in [-0.3, -0.25) is 9.59 Å². The maximum atomic E-state index is 13.1. The van der Waals surface area contributed by atoms with Crippen LogP contribution < -0.4 is 4.74 Å². The zero-order valence-electron chi connectivity index (χ0n) is 19.0. The smallest absolute Gasteiger partial charge is 0.295 e. The minimum Gasteiger partial charge on any atom is -0.508 e. The van der Waals surface area contributed by atoms with E-state index in [2.05, 4.69) is 0 Å². The molecule has 1 heterocycles. The van der Waals surface area contributed by atoms with Crippen molar-refractivity contribution in [2.24, 2.45) is 0 Å². The molecule has 0 saturated carbocycles. The molecule has 7 heteroatoms. The summed E-state index contributed by atoms with van der Waals surface area (Å²) < 4.78 is 11.1. The van der Waals surface area contributed by atoms with Gasteiger partial charge in [-0.2, -0.15) is 0 Å². The molecule has 2 aromatic rings. The van der Waals surface area contributed by atoms with Crippen LogP contribution in [0.1, 0.15) is 42.1 Å². The van der Waals surface area contributed by atoms with Crippen LogP contribution in [-0.4, -0.2) is 53.2 Å². The number of carbonyl (C=O) groups is 2. The summed E-state index contributed by atoms with van der Waals surface area (Å²) in [5, 5.41) is 21.3. The molecule has 1 amide bonds. The Kier molecular flexibility index (Phi) is 6.89. The van der Waals surface area contributed by atoms with Gasteiger partial charge in [0.2, 0.25) is 0 Å². The number of ether oxygens (including phenoxy) is 2. The quantitative estimate of drug-likeness (QED) is 0.386. The molecule has 170 valence electrons. The number of nitrogens with zero attached hydrogens (tertiary/aromatic N) is 1. The molecule has 2 aromatic carbocycles. The maximum Gasteiger partial charge on any atom is 0.295 e. The highest BCUT2D eigenvalue weighted by atomic mass is 16.5. The highest BCUT2D eigenvalue weighted by Gasteiger charge is 2.46. The van der Waals surface area contributed by atoms with Crippen molar-refractivity contribution in [3.63, 3.8) is 0 Å². The highest BCUT2D eigenvalue weighted by Crippen LogP contribution is 2.42. The molecule has 0 radical (unpaired) electrons. The first-order chi connectivity index (χ1) is 15.1. The van der Waals surface area contributed by atoms with Crippen molar-refractivity contribution >= 4 is 17.4 Å². The number of amides is 1. The summed E-state index contributed by atoms with van der Waals surface area (Å²) in [5.41, 5.74) is 2.47. The van der Waals surface area contributed by atoms with Gasteiger partial charge in [-0.1, -0.05) is 18.2 Å². The van der Waals surface area contributed by atoms with Crippen molar-refractivity contribution in [2.45, 2.75) is 39.8 Å². The van der Waals surface area contributed by atoms with E-state index in [-0.39, 0.29) is 36.3 Å². The van der Waals surface area contributed by atoms with E-state index < -0.39 is 17.7 Å². The van der Waals surface area contributed by atoms with Crippen molar-refractivity contribution in [1.82, 2.24) is 4.90 Å². The first-order valence-corrected chi connectivity index (χ1v) is 10.5. The SMILES string of the molecule is COc1c(C)cc(C)cc1/C(O)=C1\C(=O)C(=O)N(CCOC(C)C)C1c1cccc(O)c1. The zero-order chi connectivity index (χ0) is 23.6. The Morgan fingerprint density at radius 3 is 2.50 bits per heavy atom. The number of aromatic hydroxyl groups is 1. The number of aryl methyl sites for hydroxylation is 2. The lowest BCUT2D eigenvalue weighted by Crippen LogP contribution is -2.33. The van der Waals surface area contributed by atoms with Gasteiger partial charge in [-0.25, -0.2) is 0 Å². The molecule has 1 unspecified atom stereocenters. The number of aliphatic hydroxyl groups excluding tert-OH is 1. The summed E-state index contributed by atoms with van der Waals surface area (Å²) in [4.78, 5) is 27.5. The van der Waals surface area contributed by atoms with Crippen LogP contribution in [0, 0.1) is 13.8 Å². The normalized spacial score (nSPS) is 17.9. The van der Waals surface area contributed by atoms with E-state index in [9.17, 15) is 19.8 Å². The molecule has 1 atom stereocenters. The molecule has 1 aliphatic rings. The lowest BCUT2D eigenvalue weighted by molar-refractivity contribution is -0.140. The van der Waals surface area contributed by atoms with E-state index in [1.165, 1.54) is 24.1 Å². The lowest BCUT2D eigenvalue weighted by Gasteiger charge is -2.26. The topological polar surface area (TPSA) is 96.3 Å². The summed E-state index contributed by atoms with van der Waals surface area (Å²) in [6.07, 6.45) is -0.0365. The molecule has 1 saturated heterocycles. The van der Waals surface area contributed by atoms with Gasteiger partial charge in [-0.15, -0.1) is 0 Å². The number of phenols is 1. The molecule has 0 bridgehead atoms. The Bertz CT molecular complexity index is 1070. The molecule has 7 nitrogen and oxygen atoms in total. The third-order valence-corrected chi connectivity index (χ3v) is 5.39. The lowest BCUT2D eigenvalue weighted by atomic mass is 9.93. The van der Waals surface area contributed by atoms with E-state index in [0.29, 0.717) is 16.9 Å². The van der Waals surface area contributed by atoms with Gasteiger partial charge < -0.3 is 24.6 Å². The molecule has 3 rings (SSSR count). The Hall–Kier alpha value is -3.32. The third-order valence-electron chi connectivity index (χ3n) is 5.39. The third kappa shape index (κ3) is 4.48. The monoisotopic (exact) mass is 439 g/mol. The van der Waals surface area contributed by atoms with Crippen molar-refractivity contribution in [2.75, 3.05) is 20.3 Å². The fourth-order valence-corrected chi connectivity index (χ4v) is 4.09. The Morgan fingerprint density at radius 1 is 1.16 bits per heavy atom. The number of benzene rings is 2. The number of Topliss-reactive ketones (excluding diaryl/α,β-unsaturated/α-hetero) is 1. The van der Waals surface area contributed by atoms with Gasteiger partial charge in [0.25, 0.3) is 11.7 Å². The van der Waals surface area contributed by atoms with Gasteiger partial charge in [0.15, 0.2) is 0 Å². The second kappa shape index (κ2) is 9.44. The van der Waals surface area contributed by atoms with Crippen LogP contribution in [0.25, 0.3) is 5.76 Å². The predicted octanol–water partition coefficient (Wildman–Crippen LogP) is 3.86. The van der Waals surface area contributed by atoms with Crippen molar-refractivity contribution in [1.29, 1.82) is 0 Å². The number of rotatable bonds is 7. The first-order valence-electron chi connectivity index (χ1n) is 10.5. The second-order valence-corrected chi connectivity index (χ2v) is 8.17. The largest absolute Gasteiger partial charge is 0.508 e. The summed E-state index contributed by atoms with van der Waals surface area (Å²) in [5.74, 6) is -1.41. The summed E-state index contributed by atoms with van der Waals surface area (Å²) in [6, 6.07) is 9.08. The second-order valence-electron chi connectivity index (χ2n) is 8.17. The zero-order valence-corrected chi connectivity index (χ0v) is 19.0. The van der Waals surface area contributed by atoms with Gasteiger partial charge in [-0.05, 0) is 62.6 Å². The van der Waals surface area contributed by atoms with Crippen LogP contribution in [0.15, 0.2) is 42.0 Å². The van der Waals surface area contributed by atoms with E-state index in [1.807, 2.05) is 33.8 Å². The molecule has 0 spiro atoms. The Balaban J connectivity index is 2.20. The number of hydrogen-bond donors (Lipinski definition) is 2. The van der Waals surface area contributed by atoms with Crippen LogP contribution in [0.5, 0.6) is 11.5 Å². The van der Waals surface area contributed by atoms with E-state index in [4.69, 9.17) is 9.47 Å². The van der Waals surface area contributed by atoms with E-state index in [1.54, 1.807) is 18.2 Å². The Labute approximate surface area is 187 Å². The fraction of sp³-hybridized carbons (Fsp3) is 0.360. The van der Waals surface area contributed by atoms with Crippen LogP contribution in [0.2, 0.25) is 0 Å². The van der Waals surface area contributed by atoms with Gasteiger partial charge in [0.05, 0.1) is 37.0 Å². The number of phenolic OH excluding ortho intramolecular Hbond substituents is 1. The molecular formula is C25H29NO6. The standard InChI is InChI=1S/C25H29NO6/c1-14(2)32-10-9-26-21(17-7-6-8-18(27)13-17)20(23(29)25(26)30)22(28)19-12-15(3)11-16(4)24(19)31-5/h6-8,11-14,21,27-28H,9-10H2,1-5H3/b22-20+. The number of likely N-dealkylation sites (tertiary alicyclic amines) is 1. The number of hydrogen-bond acceptors (Lipinski definition) is 6. The Morgan fingerprint density at radius 2 is 1.88 bits per heavy atom. The van der Waals surface area contributed by atoms with Gasteiger partial charge >= 0.3 is 0 Å².